The zero-order valence-electron chi connectivity index (χ0n) is 14.4. The molecule has 1 aromatic carbocycles. The van der Waals surface area contributed by atoms with Crippen LogP contribution in [0.25, 0.3) is 0 Å². The first-order valence-electron chi connectivity index (χ1n) is 8.15. The first kappa shape index (κ1) is 19.0. The van der Waals surface area contributed by atoms with E-state index in [-0.39, 0.29) is 11.0 Å². The lowest BCUT2D eigenvalue weighted by Gasteiger charge is -2.13. The van der Waals surface area contributed by atoms with E-state index in [9.17, 15) is 9.59 Å². The molecule has 1 aromatic rings. The van der Waals surface area contributed by atoms with Crippen LogP contribution in [-0.4, -0.2) is 31.1 Å². The lowest BCUT2D eigenvalue weighted by molar-refractivity contribution is -0.120. The summed E-state index contributed by atoms with van der Waals surface area (Å²) in [5.74, 6) is 0.867. The summed E-state index contributed by atoms with van der Waals surface area (Å²) < 4.78 is 10.3. The van der Waals surface area contributed by atoms with Gasteiger partial charge in [0, 0.05) is 12.0 Å². The van der Waals surface area contributed by atoms with E-state index in [1.807, 2.05) is 0 Å². The first-order valence-corrected chi connectivity index (χ1v) is 8.56. The number of rotatable bonds is 5. The van der Waals surface area contributed by atoms with Crippen molar-refractivity contribution in [3.8, 4) is 11.5 Å². The van der Waals surface area contributed by atoms with Crippen LogP contribution in [0.2, 0.25) is 0 Å². The maximum Gasteiger partial charge on any atom is 0.269 e. The minimum absolute atomic E-state index is 0.0665. The highest BCUT2D eigenvalue weighted by Crippen LogP contribution is 2.28. The van der Waals surface area contributed by atoms with E-state index in [4.69, 9.17) is 21.7 Å². The number of hydrogen-bond donors (Lipinski definition) is 3. The number of carbonyl (C=O) groups is 2. The number of thiocarbonyl (C=S) groups is 1. The summed E-state index contributed by atoms with van der Waals surface area (Å²) in [6, 6.07) is 4.78. The minimum Gasteiger partial charge on any atom is -0.493 e. The third-order valence-electron chi connectivity index (χ3n) is 4.14. The maximum atomic E-state index is 12.1. The fourth-order valence-corrected chi connectivity index (χ4v) is 3.01. The van der Waals surface area contributed by atoms with E-state index in [0.29, 0.717) is 29.4 Å². The van der Waals surface area contributed by atoms with Crippen molar-refractivity contribution < 1.29 is 19.1 Å². The minimum atomic E-state index is -0.409. The Morgan fingerprint density at radius 2 is 1.80 bits per heavy atom. The van der Waals surface area contributed by atoms with Gasteiger partial charge in [-0.15, -0.1) is 0 Å². The molecule has 3 N–H and O–H groups in total. The molecule has 0 aromatic heterocycles. The zero-order valence-corrected chi connectivity index (χ0v) is 15.2. The van der Waals surface area contributed by atoms with Gasteiger partial charge in [0.05, 0.1) is 14.2 Å². The predicted octanol–water partition coefficient (Wildman–Crippen LogP) is 1.92. The monoisotopic (exact) mass is 365 g/mol. The smallest absolute Gasteiger partial charge is 0.269 e. The lowest BCUT2D eigenvalue weighted by Crippen LogP contribution is -2.48. The first-order chi connectivity index (χ1) is 12.0. The molecular weight excluding hydrogens is 342 g/mol. The van der Waals surface area contributed by atoms with Crippen LogP contribution in [0.5, 0.6) is 11.5 Å². The van der Waals surface area contributed by atoms with Crippen molar-refractivity contribution in [3.63, 3.8) is 0 Å². The Morgan fingerprint density at radius 3 is 2.44 bits per heavy atom. The van der Waals surface area contributed by atoms with Gasteiger partial charge in [-0.2, -0.15) is 0 Å². The summed E-state index contributed by atoms with van der Waals surface area (Å²) in [5.41, 5.74) is 5.34. The molecule has 8 heteroatoms. The number of hydrazine groups is 1. The second-order valence-corrected chi connectivity index (χ2v) is 6.29. The Balaban J connectivity index is 1.80. The van der Waals surface area contributed by atoms with E-state index in [2.05, 4.69) is 16.2 Å². The molecule has 1 fully saturated rings. The molecule has 2 rings (SSSR count). The zero-order chi connectivity index (χ0) is 18.2. The van der Waals surface area contributed by atoms with Crippen LogP contribution in [0, 0.1) is 5.92 Å². The van der Waals surface area contributed by atoms with Gasteiger partial charge in [-0.25, -0.2) is 0 Å². The molecule has 0 heterocycles. The molecule has 0 aliphatic heterocycles. The molecule has 1 saturated carbocycles. The third kappa shape index (κ3) is 5.60. The van der Waals surface area contributed by atoms with Gasteiger partial charge in [-0.1, -0.05) is 12.8 Å². The van der Waals surface area contributed by atoms with Crippen molar-refractivity contribution in [2.45, 2.75) is 32.1 Å². The highest BCUT2D eigenvalue weighted by molar-refractivity contribution is 7.80. The number of methoxy groups -OCH3 is 2. The SMILES string of the molecule is COc1ccc(C(=O)NNC(=S)NC(=O)CC2CCCC2)cc1OC. The van der Waals surface area contributed by atoms with Gasteiger partial charge in [0.2, 0.25) is 5.91 Å². The van der Waals surface area contributed by atoms with Crippen LogP contribution in [-0.2, 0) is 4.79 Å². The Hall–Kier alpha value is -2.35. The Labute approximate surface area is 152 Å². The number of amides is 2. The van der Waals surface area contributed by atoms with Crippen LogP contribution in [0.3, 0.4) is 0 Å². The molecule has 0 bridgehead atoms. The van der Waals surface area contributed by atoms with Gasteiger partial charge in [0.25, 0.3) is 5.91 Å². The summed E-state index contributed by atoms with van der Waals surface area (Å²) in [6.45, 7) is 0. The fraction of sp³-hybridized carbons (Fsp3) is 0.471. The number of nitrogens with one attached hydrogen (secondary N) is 3. The van der Waals surface area contributed by atoms with Crippen molar-refractivity contribution in [2.24, 2.45) is 5.92 Å². The highest BCUT2D eigenvalue weighted by Gasteiger charge is 2.19. The number of ether oxygens (including phenoxy) is 2. The average Bonchev–Trinajstić information content (AvgIpc) is 3.11. The summed E-state index contributed by atoms with van der Waals surface area (Å²) >= 11 is 5.03. The van der Waals surface area contributed by atoms with Crippen molar-refractivity contribution >= 4 is 29.1 Å². The molecule has 1 aliphatic carbocycles. The topological polar surface area (TPSA) is 88.7 Å². The average molecular weight is 365 g/mol. The van der Waals surface area contributed by atoms with Crippen molar-refractivity contribution in [1.82, 2.24) is 16.2 Å². The van der Waals surface area contributed by atoms with Crippen molar-refractivity contribution in [1.29, 1.82) is 0 Å². The molecule has 0 saturated heterocycles. The Bertz CT molecular complexity index is 645. The van der Waals surface area contributed by atoms with E-state index < -0.39 is 5.91 Å². The second kappa shape index (κ2) is 9.22. The molecule has 25 heavy (non-hydrogen) atoms. The number of carbonyl (C=O) groups excluding carboxylic acids is 2. The summed E-state index contributed by atoms with van der Waals surface area (Å²) in [5, 5.41) is 2.64. The second-order valence-electron chi connectivity index (χ2n) is 5.88. The predicted molar refractivity (Wildman–Crippen MR) is 97.5 cm³/mol. The van der Waals surface area contributed by atoms with Crippen LogP contribution in [0.4, 0.5) is 0 Å². The van der Waals surface area contributed by atoms with Gasteiger partial charge in [-0.3, -0.25) is 20.4 Å². The van der Waals surface area contributed by atoms with Gasteiger partial charge in [0.1, 0.15) is 0 Å². The van der Waals surface area contributed by atoms with Gasteiger partial charge < -0.3 is 14.8 Å². The summed E-state index contributed by atoms with van der Waals surface area (Å²) in [6.07, 6.45) is 5.00. The molecule has 0 radical (unpaired) electrons. The van der Waals surface area contributed by atoms with E-state index in [1.54, 1.807) is 18.2 Å². The quantitative estimate of drug-likeness (QED) is 0.546. The molecule has 2 amide bonds. The molecule has 0 spiro atoms. The molecule has 136 valence electrons. The summed E-state index contributed by atoms with van der Waals surface area (Å²) in [7, 11) is 3.01. The molecular formula is C17H23N3O4S. The van der Waals surface area contributed by atoms with Crippen LogP contribution in [0.1, 0.15) is 42.5 Å². The third-order valence-corrected chi connectivity index (χ3v) is 4.34. The van der Waals surface area contributed by atoms with E-state index >= 15 is 0 Å². The van der Waals surface area contributed by atoms with Crippen LogP contribution < -0.4 is 25.6 Å². The molecule has 7 nitrogen and oxygen atoms in total. The van der Waals surface area contributed by atoms with Crippen molar-refractivity contribution in [2.75, 3.05) is 14.2 Å². The van der Waals surface area contributed by atoms with E-state index in [1.165, 1.54) is 27.1 Å². The van der Waals surface area contributed by atoms with Crippen molar-refractivity contribution in [3.05, 3.63) is 23.8 Å². The largest absolute Gasteiger partial charge is 0.493 e. The lowest BCUT2D eigenvalue weighted by atomic mass is 10.0. The van der Waals surface area contributed by atoms with Crippen LogP contribution in [0.15, 0.2) is 18.2 Å². The molecule has 0 unspecified atom stereocenters. The fourth-order valence-electron chi connectivity index (χ4n) is 2.85. The van der Waals surface area contributed by atoms with Gasteiger partial charge >= 0.3 is 0 Å². The number of benzene rings is 1. The van der Waals surface area contributed by atoms with Crippen LogP contribution >= 0.6 is 12.2 Å². The van der Waals surface area contributed by atoms with E-state index in [0.717, 1.165) is 12.8 Å². The maximum absolute atomic E-state index is 12.1. The van der Waals surface area contributed by atoms with Gasteiger partial charge in [0.15, 0.2) is 16.6 Å². The normalized spacial score (nSPS) is 13.8. The summed E-state index contributed by atoms with van der Waals surface area (Å²) in [4.78, 5) is 24.0. The Kier molecular flexibility index (Phi) is 7.00. The Morgan fingerprint density at radius 1 is 1.12 bits per heavy atom. The standard InChI is InChI=1S/C17H23N3O4S/c1-23-13-8-7-12(10-14(13)24-2)16(22)19-20-17(25)18-15(21)9-11-5-3-4-6-11/h7-8,10-11H,3-6,9H2,1-2H3,(H,19,22)(H2,18,20,21,25). The number of hydrogen-bond acceptors (Lipinski definition) is 5. The molecule has 0 atom stereocenters. The van der Waals surface area contributed by atoms with Gasteiger partial charge in [-0.05, 0) is 49.2 Å². The highest BCUT2D eigenvalue weighted by atomic mass is 32.1. The molecule has 1 aliphatic rings.